The predicted molar refractivity (Wildman–Crippen MR) is 112 cm³/mol. The van der Waals surface area contributed by atoms with E-state index in [-0.39, 0.29) is 22.7 Å². The molecule has 0 saturated carbocycles. The minimum Gasteiger partial charge on any atom is -0.321 e. The van der Waals surface area contributed by atoms with Gasteiger partial charge in [-0.15, -0.1) is 0 Å². The molecule has 144 valence electrons. The Morgan fingerprint density at radius 2 is 1.54 bits per heavy atom. The molecule has 0 aromatic heterocycles. The fourth-order valence-electron chi connectivity index (χ4n) is 2.83. The molecule has 0 aliphatic carbocycles. The quantitative estimate of drug-likeness (QED) is 0.629. The molecule has 0 aliphatic heterocycles. The molecule has 0 atom stereocenters. The van der Waals surface area contributed by atoms with Gasteiger partial charge in [-0.25, -0.2) is 8.42 Å². The Balaban J connectivity index is 2.00. The monoisotopic (exact) mass is 414 g/mol. The Labute approximate surface area is 169 Å². The van der Waals surface area contributed by atoms with E-state index >= 15 is 0 Å². The van der Waals surface area contributed by atoms with Crippen molar-refractivity contribution in [1.82, 2.24) is 0 Å². The highest BCUT2D eigenvalue weighted by atomic mass is 35.5. The van der Waals surface area contributed by atoms with Crippen molar-refractivity contribution in [1.29, 1.82) is 0 Å². The molecule has 0 heterocycles. The first kappa shape index (κ1) is 19.9. The van der Waals surface area contributed by atoms with Crippen LogP contribution in [0.4, 0.5) is 11.4 Å². The number of benzene rings is 3. The molecule has 0 fully saturated rings. The van der Waals surface area contributed by atoms with Gasteiger partial charge in [-0.05, 0) is 43.3 Å². The second-order valence-corrected chi connectivity index (χ2v) is 8.17. The highest BCUT2D eigenvalue weighted by Crippen LogP contribution is 2.29. The average molecular weight is 415 g/mol. The Kier molecular flexibility index (Phi) is 6.02. The van der Waals surface area contributed by atoms with Crippen LogP contribution in [0, 0.1) is 0 Å². The maximum atomic E-state index is 13.3. The number of para-hydroxylation sites is 2. The Morgan fingerprint density at radius 3 is 2.21 bits per heavy atom. The lowest BCUT2D eigenvalue weighted by Crippen LogP contribution is -2.31. The molecule has 0 unspecified atom stereocenters. The highest BCUT2D eigenvalue weighted by molar-refractivity contribution is 7.93. The minimum absolute atomic E-state index is 0.0149. The van der Waals surface area contributed by atoms with Gasteiger partial charge in [0.05, 0.1) is 22.0 Å². The van der Waals surface area contributed by atoms with Crippen LogP contribution in [-0.2, 0) is 10.0 Å². The molecule has 3 rings (SSSR count). The first-order valence-corrected chi connectivity index (χ1v) is 10.5. The predicted octanol–water partition coefficient (Wildman–Crippen LogP) is 4.81. The number of sulfonamides is 1. The van der Waals surface area contributed by atoms with Crippen molar-refractivity contribution in [2.24, 2.45) is 0 Å². The molecule has 0 saturated heterocycles. The number of amides is 1. The first-order valence-electron chi connectivity index (χ1n) is 8.68. The summed E-state index contributed by atoms with van der Waals surface area (Å²) in [4.78, 5) is 12.6. The summed E-state index contributed by atoms with van der Waals surface area (Å²) in [6.07, 6.45) is 0. The van der Waals surface area contributed by atoms with Gasteiger partial charge >= 0.3 is 0 Å². The van der Waals surface area contributed by atoms with Crippen LogP contribution in [0.15, 0.2) is 83.8 Å². The SMILES string of the molecule is CCN(c1ccccc1)S(=O)(=O)c1ccccc1NC(=O)c1ccccc1Cl. The highest BCUT2D eigenvalue weighted by Gasteiger charge is 2.27. The number of anilines is 2. The molecule has 5 nitrogen and oxygen atoms in total. The Bertz CT molecular complexity index is 1090. The lowest BCUT2D eigenvalue weighted by Gasteiger charge is -2.24. The number of nitrogens with one attached hydrogen (secondary N) is 1. The summed E-state index contributed by atoms with van der Waals surface area (Å²) in [7, 11) is -3.89. The Hall–Kier alpha value is -2.83. The maximum absolute atomic E-state index is 13.3. The molecule has 0 bridgehead atoms. The van der Waals surface area contributed by atoms with Gasteiger partial charge < -0.3 is 5.32 Å². The van der Waals surface area contributed by atoms with E-state index < -0.39 is 15.9 Å². The number of nitrogens with zero attached hydrogens (tertiary/aromatic N) is 1. The smallest absolute Gasteiger partial charge is 0.266 e. The summed E-state index contributed by atoms with van der Waals surface area (Å²) in [5.74, 6) is -0.476. The van der Waals surface area contributed by atoms with Crippen LogP contribution in [0.3, 0.4) is 0 Å². The van der Waals surface area contributed by atoms with E-state index in [9.17, 15) is 13.2 Å². The Morgan fingerprint density at radius 1 is 0.929 bits per heavy atom. The van der Waals surface area contributed by atoms with E-state index in [1.807, 2.05) is 6.07 Å². The topological polar surface area (TPSA) is 66.5 Å². The van der Waals surface area contributed by atoms with Crippen LogP contribution in [-0.4, -0.2) is 20.9 Å². The second-order valence-electron chi connectivity index (χ2n) is 5.94. The molecule has 28 heavy (non-hydrogen) atoms. The lowest BCUT2D eigenvalue weighted by atomic mass is 10.2. The van der Waals surface area contributed by atoms with Crippen molar-refractivity contribution < 1.29 is 13.2 Å². The third kappa shape index (κ3) is 4.03. The van der Waals surface area contributed by atoms with Crippen molar-refractivity contribution in [3.05, 3.63) is 89.4 Å². The maximum Gasteiger partial charge on any atom is 0.266 e. The molecule has 7 heteroatoms. The van der Waals surface area contributed by atoms with Crippen molar-refractivity contribution in [3.63, 3.8) is 0 Å². The van der Waals surface area contributed by atoms with Gasteiger partial charge in [0.1, 0.15) is 4.90 Å². The third-order valence-electron chi connectivity index (χ3n) is 4.15. The number of hydrogen-bond donors (Lipinski definition) is 1. The van der Waals surface area contributed by atoms with Crippen LogP contribution >= 0.6 is 11.6 Å². The van der Waals surface area contributed by atoms with Crippen LogP contribution < -0.4 is 9.62 Å². The van der Waals surface area contributed by atoms with Crippen molar-refractivity contribution >= 4 is 38.9 Å². The van der Waals surface area contributed by atoms with E-state index in [4.69, 9.17) is 11.6 Å². The average Bonchev–Trinajstić information content (AvgIpc) is 2.70. The van der Waals surface area contributed by atoms with E-state index in [0.29, 0.717) is 10.7 Å². The molecule has 1 N–H and O–H groups in total. The van der Waals surface area contributed by atoms with Crippen molar-refractivity contribution in [3.8, 4) is 0 Å². The van der Waals surface area contributed by atoms with Crippen LogP contribution in [0.5, 0.6) is 0 Å². The van der Waals surface area contributed by atoms with Gasteiger partial charge in [-0.2, -0.15) is 0 Å². The van der Waals surface area contributed by atoms with Gasteiger partial charge in [0.25, 0.3) is 15.9 Å². The molecular formula is C21H19ClN2O3S. The van der Waals surface area contributed by atoms with Crippen molar-refractivity contribution in [2.75, 3.05) is 16.2 Å². The minimum atomic E-state index is -3.89. The lowest BCUT2D eigenvalue weighted by molar-refractivity contribution is 0.102. The number of hydrogen-bond acceptors (Lipinski definition) is 3. The first-order chi connectivity index (χ1) is 13.4. The third-order valence-corrected chi connectivity index (χ3v) is 6.44. The van der Waals surface area contributed by atoms with Gasteiger partial charge in [-0.1, -0.05) is 54.1 Å². The zero-order chi connectivity index (χ0) is 20.1. The summed E-state index contributed by atoms with van der Waals surface area (Å²) in [5, 5.41) is 2.97. The van der Waals surface area contributed by atoms with E-state index in [2.05, 4.69) is 5.32 Å². The summed E-state index contributed by atoms with van der Waals surface area (Å²) >= 11 is 6.08. The zero-order valence-electron chi connectivity index (χ0n) is 15.2. The van der Waals surface area contributed by atoms with Crippen LogP contribution in [0.1, 0.15) is 17.3 Å². The number of rotatable bonds is 6. The van der Waals surface area contributed by atoms with Gasteiger partial charge in [0.15, 0.2) is 0 Å². The van der Waals surface area contributed by atoms with E-state index in [0.717, 1.165) is 0 Å². The molecule has 3 aromatic rings. The summed E-state index contributed by atoms with van der Waals surface area (Å²) in [6, 6.07) is 21.7. The van der Waals surface area contributed by atoms with Crippen LogP contribution in [0.25, 0.3) is 0 Å². The molecule has 0 radical (unpaired) electrons. The second kappa shape index (κ2) is 8.46. The van der Waals surface area contributed by atoms with Gasteiger partial charge in [-0.3, -0.25) is 9.10 Å². The number of halogens is 1. The normalized spacial score (nSPS) is 11.1. The molecule has 0 aliphatic rings. The van der Waals surface area contributed by atoms with E-state index in [1.54, 1.807) is 73.7 Å². The summed E-state index contributed by atoms with van der Waals surface area (Å²) in [6.45, 7) is 2.01. The fourth-order valence-corrected chi connectivity index (χ4v) is 4.68. The molecule has 3 aromatic carbocycles. The van der Waals surface area contributed by atoms with E-state index in [1.165, 1.54) is 10.4 Å². The molecule has 1 amide bonds. The summed E-state index contributed by atoms with van der Waals surface area (Å²) < 4.78 is 27.9. The number of carbonyl (C=O) groups excluding carboxylic acids is 1. The summed E-state index contributed by atoms with van der Waals surface area (Å²) in [5.41, 5.74) is 1.02. The molecular weight excluding hydrogens is 396 g/mol. The largest absolute Gasteiger partial charge is 0.321 e. The van der Waals surface area contributed by atoms with Crippen LogP contribution in [0.2, 0.25) is 5.02 Å². The standard InChI is InChI=1S/C21H19ClN2O3S/c1-2-24(16-10-4-3-5-11-16)28(26,27)20-15-9-8-14-19(20)23-21(25)17-12-6-7-13-18(17)22/h3-15H,2H2,1H3,(H,23,25). The fraction of sp³-hybridized carbons (Fsp3) is 0.0952. The van der Waals surface area contributed by atoms with Crippen molar-refractivity contribution in [2.45, 2.75) is 11.8 Å². The zero-order valence-corrected chi connectivity index (χ0v) is 16.7. The number of carbonyl (C=O) groups is 1. The van der Waals surface area contributed by atoms with Gasteiger partial charge in [0, 0.05) is 6.54 Å². The molecule has 0 spiro atoms. The van der Waals surface area contributed by atoms with Gasteiger partial charge in [0.2, 0.25) is 0 Å².